The molecular weight excluding hydrogens is 399 g/mol. The SMILES string of the molecule is CN(C)CCCN(Cc1ccc(Cl)c(Cl)c1)C(=O)c1ccc(NC(N)=O)cc1. The number of carbonyl (C=O) groups excluding carboxylic acids is 2. The van der Waals surface area contributed by atoms with E-state index in [9.17, 15) is 9.59 Å². The van der Waals surface area contributed by atoms with Crippen LogP contribution in [0, 0.1) is 0 Å². The first-order valence-corrected chi connectivity index (χ1v) is 9.56. The molecule has 0 bridgehead atoms. The lowest BCUT2D eigenvalue weighted by atomic mass is 10.1. The smallest absolute Gasteiger partial charge is 0.316 e. The van der Waals surface area contributed by atoms with Crippen LogP contribution in [0.2, 0.25) is 10.0 Å². The summed E-state index contributed by atoms with van der Waals surface area (Å²) in [5.41, 5.74) is 7.07. The quantitative estimate of drug-likeness (QED) is 0.672. The van der Waals surface area contributed by atoms with Gasteiger partial charge in [-0.2, -0.15) is 0 Å². The minimum absolute atomic E-state index is 0.101. The van der Waals surface area contributed by atoms with Crippen LogP contribution in [0.1, 0.15) is 22.3 Å². The van der Waals surface area contributed by atoms with Crippen molar-refractivity contribution in [2.24, 2.45) is 5.73 Å². The highest BCUT2D eigenvalue weighted by Gasteiger charge is 2.17. The highest BCUT2D eigenvalue weighted by molar-refractivity contribution is 6.42. The van der Waals surface area contributed by atoms with Crippen molar-refractivity contribution in [2.45, 2.75) is 13.0 Å². The lowest BCUT2D eigenvalue weighted by molar-refractivity contribution is 0.0737. The van der Waals surface area contributed by atoms with Gasteiger partial charge in [-0.1, -0.05) is 29.3 Å². The van der Waals surface area contributed by atoms with E-state index in [0.717, 1.165) is 18.5 Å². The number of urea groups is 1. The molecule has 2 aromatic carbocycles. The van der Waals surface area contributed by atoms with E-state index < -0.39 is 6.03 Å². The van der Waals surface area contributed by atoms with Crippen LogP contribution in [0.5, 0.6) is 0 Å². The Kier molecular flexibility index (Phi) is 8.11. The third kappa shape index (κ3) is 6.71. The number of primary amides is 1. The molecule has 28 heavy (non-hydrogen) atoms. The first-order valence-electron chi connectivity index (χ1n) is 8.80. The van der Waals surface area contributed by atoms with Crippen LogP contribution in [-0.4, -0.2) is 48.9 Å². The molecule has 2 aromatic rings. The van der Waals surface area contributed by atoms with Gasteiger partial charge in [-0.05, 0) is 69.0 Å². The second-order valence-electron chi connectivity index (χ2n) is 6.70. The van der Waals surface area contributed by atoms with E-state index in [0.29, 0.717) is 34.4 Å². The third-order valence-corrected chi connectivity index (χ3v) is 4.82. The normalized spacial score (nSPS) is 10.8. The molecule has 0 fully saturated rings. The van der Waals surface area contributed by atoms with E-state index in [-0.39, 0.29) is 5.91 Å². The van der Waals surface area contributed by atoms with Gasteiger partial charge in [0.05, 0.1) is 10.0 Å². The zero-order chi connectivity index (χ0) is 20.7. The van der Waals surface area contributed by atoms with Gasteiger partial charge >= 0.3 is 6.03 Å². The molecule has 3 N–H and O–H groups in total. The summed E-state index contributed by atoms with van der Waals surface area (Å²) in [7, 11) is 3.99. The molecule has 8 heteroatoms. The predicted octanol–water partition coefficient (Wildman–Crippen LogP) is 4.08. The molecule has 0 radical (unpaired) electrons. The number of hydrogen-bond donors (Lipinski definition) is 2. The van der Waals surface area contributed by atoms with Gasteiger partial charge in [0.25, 0.3) is 5.91 Å². The molecule has 6 nitrogen and oxygen atoms in total. The average Bonchev–Trinajstić information content (AvgIpc) is 2.63. The lowest BCUT2D eigenvalue weighted by Gasteiger charge is -2.24. The van der Waals surface area contributed by atoms with Crippen LogP contribution >= 0.6 is 23.2 Å². The summed E-state index contributed by atoms with van der Waals surface area (Å²) in [6.07, 6.45) is 0.835. The Bertz CT molecular complexity index is 825. The number of carbonyl (C=O) groups is 2. The fourth-order valence-electron chi connectivity index (χ4n) is 2.71. The summed E-state index contributed by atoms with van der Waals surface area (Å²) in [5.74, 6) is -0.101. The van der Waals surface area contributed by atoms with Gasteiger partial charge in [0.15, 0.2) is 0 Å². The van der Waals surface area contributed by atoms with Crippen LogP contribution < -0.4 is 11.1 Å². The zero-order valence-electron chi connectivity index (χ0n) is 15.9. The largest absolute Gasteiger partial charge is 0.351 e. The van der Waals surface area contributed by atoms with Gasteiger partial charge in [-0.15, -0.1) is 0 Å². The van der Waals surface area contributed by atoms with Gasteiger partial charge in [-0.3, -0.25) is 4.79 Å². The monoisotopic (exact) mass is 422 g/mol. The number of anilines is 1. The molecular formula is C20H24Cl2N4O2. The maximum absolute atomic E-state index is 13.1. The predicted molar refractivity (Wildman–Crippen MR) is 114 cm³/mol. The zero-order valence-corrected chi connectivity index (χ0v) is 17.4. The number of amides is 3. The van der Waals surface area contributed by atoms with Crippen molar-refractivity contribution < 1.29 is 9.59 Å². The maximum Gasteiger partial charge on any atom is 0.316 e. The Hall–Kier alpha value is -2.28. The molecule has 2 rings (SSSR count). The number of rotatable bonds is 8. The van der Waals surface area contributed by atoms with Crippen molar-refractivity contribution in [3.05, 3.63) is 63.6 Å². The molecule has 0 aliphatic heterocycles. The fourth-order valence-corrected chi connectivity index (χ4v) is 3.03. The number of nitrogens with zero attached hydrogens (tertiary/aromatic N) is 2. The number of hydrogen-bond acceptors (Lipinski definition) is 3. The molecule has 0 unspecified atom stereocenters. The average molecular weight is 423 g/mol. The molecule has 150 valence electrons. The summed E-state index contributed by atoms with van der Waals surface area (Å²) < 4.78 is 0. The number of benzene rings is 2. The number of nitrogens with two attached hydrogens (primary N) is 1. The van der Waals surface area contributed by atoms with Crippen LogP contribution in [0.3, 0.4) is 0 Å². The molecule has 0 atom stereocenters. The molecule has 3 amide bonds. The van der Waals surface area contributed by atoms with Crippen molar-refractivity contribution in [3.8, 4) is 0 Å². The number of halogens is 2. The van der Waals surface area contributed by atoms with Crippen LogP contribution in [-0.2, 0) is 6.54 Å². The summed E-state index contributed by atoms with van der Waals surface area (Å²) in [4.78, 5) is 27.8. The first kappa shape index (κ1) is 22.0. The van der Waals surface area contributed by atoms with Crippen molar-refractivity contribution in [1.29, 1.82) is 0 Å². The fraction of sp³-hybridized carbons (Fsp3) is 0.300. The van der Waals surface area contributed by atoms with Crippen molar-refractivity contribution in [1.82, 2.24) is 9.80 Å². The van der Waals surface area contributed by atoms with Crippen molar-refractivity contribution >= 4 is 40.8 Å². The first-order chi connectivity index (χ1) is 13.3. The van der Waals surface area contributed by atoms with E-state index in [1.54, 1.807) is 41.3 Å². The molecule has 0 heterocycles. The van der Waals surface area contributed by atoms with Gasteiger partial charge < -0.3 is 20.9 Å². The highest BCUT2D eigenvalue weighted by Crippen LogP contribution is 2.24. The van der Waals surface area contributed by atoms with Crippen LogP contribution in [0.25, 0.3) is 0 Å². The molecule has 0 saturated carbocycles. The van der Waals surface area contributed by atoms with E-state index in [4.69, 9.17) is 28.9 Å². The molecule has 0 saturated heterocycles. The maximum atomic E-state index is 13.1. The Morgan fingerprint density at radius 2 is 1.68 bits per heavy atom. The summed E-state index contributed by atoms with van der Waals surface area (Å²) in [6, 6.07) is 11.3. The van der Waals surface area contributed by atoms with Gasteiger partial charge in [0, 0.05) is 24.3 Å². The second kappa shape index (κ2) is 10.3. The molecule has 0 aliphatic rings. The molecule has 0 spiro atoms. The van der Waals surface area contributed by atoms with E-state index in [2.05, 4.69) is 10.2 Å². The Morgan fingerprint density at radius 3 is 2.25 bits per heavy atom. The van der Waals surface area contributed by atoms with Crippen molar-refractivity contribution in [3.63, 3.8) is 0 Å². The van der Waals surface area contributed by atoms with Gasteiger partial charge in [0.2, 0.25) is 0 Å². The minimum atomic E-state index is -0.649. The standard InChI is InChI=1S/C20H24Cl2N4O2/c1-25(2)10-3-11-26(13-14-4-9-17(21)18(22)12-14)19(27)15-5-7-16(8-6-15)24-20(23)28/h4-9,12H,3,10-11,13H2,1-2H3,(H3,23,24,28). The van der Waals surface area contributed by atoms with Gasteiger partial charge in [-0.25, -0.2) is 4.79 Å². The Balaban J connectivity index is 2.17. The summed E-state index contributed by atoms with van der Waals surface area (Å²) >= 11 is 12.1. The highest BCUT2D eigenvalue weighted by atomic mass is 35.5. The van der Waals surface area contributed by atoms with E-state index in [1.165, 1.54) is 0 Å². The second-order valence-corrected chi connectivity index (χ2v) is 7.51. The summed E-state index contributed by atoms with van der Waals surface area (Å²) in [6.45, 7) is 1.88. The summed E-state index contributed by atoms with van der Waals surface area (Å²) in [5, 5.41) is 3.42. The van der Waals surface area contributed by atoms with Gasteiger partial charge in [0.1, 0.15) is 0 Å². The topological polar surface area (TPSA) is 78.7 Å². The van der Waals surface area contributed by atoms with Crippen LogP contribution in [0.15, 0.2) is 42.5 Å². The lowest BCUT2D eigenvalue weighted by Crippen LogP contribution is -2.33. The third-order valence-electron chi connectivity index (χ3n) is 4.08. The number of nitrogens with one attached hydrogen (secondary N) is 1. The van der Waals surface area contributed by atoms with E-state index in [1.807, 2.05) is 20.2 Å². The Labute approximate surface area is 175 Å². The molecule has 0 aromatic heterocycles. The van der Waals surface area contributed by atoms with Crippen molar-refractivity contribution in [2.75, 3.05) is 32.5 Å². The Morgan fingerprint density at radius 1 is 1.00 bits per heavy atom. The van der Waals surface area contributed by atoms with E-state index >= 15 is 0 Å². The molecule has 0 aliphatic carbocycles. The van der Waals surface area contributed by atoms with Crippen LogP contribution in [0.4, 0.5) is 10.5 Å². The minimum Gasteiger partial charge on any atom is -0.351 e.